The average Bonchev–Trinajstić information content (AvgIpc) is 2.37. The number of thioether (sulfide) groups is 1. The predicted molar refractivity (Wildman–Crippen MR) is 86.2 cm³/mol. The van der Waals surface area contributed by atoms with Gasteiger partial charge in [-0.15, -0.1) is 0 Å². The Balaban J connectivity index is 2.60. The zero-order valence-corrected chi connectivity index (χ0v) is 13.6. The van der Waals surface area contributed by atoms with Gasteiger partial charge in [0, 0.05) is 16.5 Å². The first kappa shape index (κ1) is 16.4. The van der Waals surface area contributed by atoms with E-state index in [-0.39, 0.29) is 0 Å². The Morgan fingerprint density at radius 2 is 1.84 bits per heavy atom. The smallest absolute Gasteiger partial charge is 0.119 e. The fourth-order valence-electron chi connectivity index (χ4n) is 1.70. The molecule has 0 bridgehead atoms. The maximum atomic E-state index is 5.61. The molecular weight excluding hydrogens is 254 g/mol. The molecule has 1 N–H and O–H groups in total. The molecule has 0 heterocycles. The Morgan fingerprint density at radius 1 is 1.21 bits per heavy atom. The van der Waals surface area contributed by atoms with Crippen molar-refractivity contribution in [3.05, 3.63) is 29.8 Å². The lowest BCUT2D eigenvalue weighted by Gasteiger charge is -2.23. The van der Waals surface area contributed by atoms with Gasteiger partial charge in [-0.3, -0.25) is 0 Å². The highest BCUT2D eigenvalue weighted by atomic mass is 32.2. The molecule has 1 unspecified atom stereocenters. The van der Waals surface area contributed by atoms with Crippen molar-refractivity contribution < 1.29 is 4.74 Å². The van der Waals surface area contributed by atoms with Crippen LogP contribution in [0.3, 0.4) is 0 Å². The molecule has 1 aromatic rings. The van der Waals surface area contributed by atoms with E-state index in [1.165, 1.54) is 5.56 Å². The van der Waals surface area contributed by atoms with Crippen LogP contribution in [0.1, 0.15) is 45.7 Å². The van der Waals surface area contributed by atoms with Crippen molar-refractivity contribution in [3.8, 4) is 5.75 Å². The minimum Gasteiger partial charge on any atom is -0.494 e. The van der Waals surface area contributed by atoms with Gasteiger partial charge < -0.3 is 10.1 Å². The van der Waals surface area contributed by atoms with Crippen LogP contribution in [0.2, 0.25) is 0 Å². The highest BCUT2D eigenvalue weighted by Gasteiger charge is 2.15. The van der Waals surface area contributed by atoms with E-state index in [4.69, 9.17) is 4.74 Å². The van der Waals surface area contributed by atoms with Gasteiger partial charge in [-0.25, -0.2) is 0 Å². The summed E-state index contributed by atoms with van der Waals surface area (Å²) in [5.41, 5.74) is 1.32. The summed E-state index contributed by atoms with van der Waals surface area (Å²) in [5, 5.41) is 3.39. The zero-order valence-electron chi connectivity index (χ0n) is 12.8. The Hall–Kier alpha value is -0.670. The van der Waals surface area contributed by atoms with E-state index in [0.717, 1.165) is 24.5 Å². The molecule has 0 spiro atoms. The third kappa shape index (κ3) is 6.35. The topological polar surface area (TPSA) is 21.3 Å². The second-order valence-electron chi connectivity index (χ2n) is 5.68. The number of hydrogen-bond donors (Lipinski definition) is 1. The van der Waals surface area contributed by atoms with Crippen LogP contribution >= 0.6 is 11.8 Å². The molecule has 0 aliphatic heterocycles. The Kier molecular flexibility index (Phi) is 6.73. The number of benzene rings is 1. The van der Waals surface area contributed by atoms with Crippen LogP contribution in [0, 0.1) is 0 Å². The molecule has 1 rings (SSSR count). The first-order valence-corrected chi connectivity index (χ1v) is 7.99. The van der Waals surface area contributed by atoms with Crippen molar-refractivity contribution in [2.24, 2.45) is 0 Å². The second-order valence-corrected chi connectivity index (χ2v) is 7.53. The van der Waals surface area contributed by atoms with Gasteiger partial charge in [0.15, 0.2) is 0 Å². The van der Waals surface area contributed by atoms with Crippen molar-refractivity contribution in [2.45, 2.75) is 44.9 Å². The first-order valence-electron chi connectivity index (χ1n) is 7.00. The minimum atomic E-state index is 0.305. The Bertz CT molecular complexity index is 356. The maximum absolute atomic E-state index is 5.61. The average molecular weight is 281 g/mol. The molecule has 0 aliphatic rings. The molecule has 0 fully saturated rings. The van der Waals surface area contributed by atoms with Gasteiger partial charge in [-0.05, 0) is 31.2 Å². The van der Waals surface area contributed by atoms with Gasteiger partial charge >= 0.3 is 0 Å². The largest absolute Gasteiger partial charge is 0.494 e. The molecule has 1 aromatic carbocycles. The zero-order chi connectivity index (χ0) is 14.3. The monoisotopic (exact) mass is 281 g/mol. The van der Waals surface area contributed by atoms with Crippen LogP contribution in [0.5, 0.6) is 5.75 Å². The van der Waals surface area contributed by atoms with E-state index in [1.807, 2.05) is 18.8 Å². The van der Waals surface area contributed by atoms with Gasteiger partial charge in [0.05, 0.1) is 6.61 Å². The van der Waals surface area contributed by atoms with E-state index in [2.05, 4.69) is 57.3 Å². The van der Waals surface area contributed by atoms with Crippen LogP contribution < -0.4 is 10.1 Å². The van der Waals surface area contributed by atoms with Gasteiger partial charge in [0.1, 0.15) is 5.75 Å². The first-order chi connectivity index (χ1) is 8.96. The van der Waals surface area contributed by atoms with Crippen molar-refractivity contribution in [3.63, 3.8) is 0 Å². The van der Waals surface area contributed by atoms with E-state index in [0.29, 0.717) is 10.8 Å². The summed E-state index contributed by atoms with van der Waals surface area (Å²) < 4.78 is 5.92. The molecular formula is C16H27NOS. The van der Waals surface area contributed by atoms with Crippen molar-refractivity contribution in [1.82, 2.24) is 5.32 Å². The highest BCUT2D eigenvalue weighted by molar-refractivity contribution is 8.00. The molecule has 2 nitrogen and oxygen atoms in total. The molecule has 0 aromatic heterocycles. The number of ether oxygens (including phenoxy) is 1. The van der Waals surface area contributed by atoms with E-state index in [1.54, 1.807) is 0 Å². The summed E-state index contributed by atoms with van der Waals surface area (Å²) in [5.74, 6) is 2.04. The molecule has 108 valence electrons. The maximum Gasteiger partial charge on any atom is 0.119 e. The standard InChI is InChI=1S/C16H27NOS/c1-6-11-18-14-9-7-13(8-10-14)15(17-5)12-19-16(2,3)4/h7-10,15,17H,6,11-12H2,1-5H3. The summed E-state index contributed by atoms with van der Waals surface area (Å²) in [6.45, 7) is 9.67. The minimum absolute atomic E-state index is 0.305. The van der Waals surface area contributed by atoms with Crippen molar-refractivity contribution in [2.75, 3.05) is 19.4 Å². The summed E-state index contributed by atoms with van der Waals surface area (Å²) in [7, 11) is 2.02. The van der Waals surface area contributed by atoms with E-state index in [9.17, 15) is 0 Å². The van der Waals surface area contributed by atoms with Gasteiger partial charge in [0.25, 0.3) is 0 Å². The summed E-state index contributed by atoms with van der Waals surface area (Å²) in [6, 6.07) is 8.85. The molecule has 0 saturated heterocycles. The van der Waals surface area contributed by atoms with Crippen LogP contribution in [0.25, 0.3) is 0 Å². The van der Waals surface area contributed by atoms with Gasteiger partial charge in [-0.1, -0.05) is 39.8 Å². The molecule has 0 amide bonds. The van der Waals surface area contributed by atoms with Crippen molar-refractivity contribution in [1.29, 1.82) is 0 Å². The van der Waals surface area contributed by atoms with Gasteiger partial charge in [-0.2, -0.15) is 11.8 Å². The van der Waals surface area contributed by atoms with E-state index >= 15 is 0 Å². The number of rotatable bonds is 7. The molecule has 3 heteroatoms. The molecule has 0 aliphatic carbocycles. The fraction of sp³-hybridized carbons (Fsp3) is 0.625. The lowest BCUT2D eigenvalue weighted by Crippen LogP contribution is -2.21. The highest BCUT2D eigenvalue weighted by Crippen LogP contribution is 2.28. The third-order valence-corrected chi connectivity index (χ3v) is 4.15. The van der Waals surface area contributed by atoms with Crippen LogP contribution in [0.15, 0.2) is 24.3 Å². The lowest BCUT2D eigenvalue weighted by atomic mass is 10.1. The van der Waals surface area contributed by atoms with Gasteiger partial charge in [0.2, 0.25) is 0 Å². The second kappa shape index (κ2) is 7.81. The normalized spacial score (nSPS) is 13.3. The van der Waals surface area contributed by atoms with Crippen molar-refractivity contribution >= 4 is 11.8 Å². The molecule has 0 saturated carbocycles. The van der Waals surface area contributed by atoms with Crippen LogP contribution in [-0.4, -0.2) is 24.2 Å². The van der Waals surface area contributed by atoms with Crippen LogP contribution in [-0.2, 0) is 0 Å². The summed E-state index contributed by atoms with van der Waals surface area (Å²) >= 11 is 1.99. The SMILES string of the molecule is CCCOc1ccc(C(CSC(C)(C)C)NC)cc1. The fourth-order valence-corrected chi connectivity index (χ4v) is 2.72. The summed E-state index contributed by atoms with van der Waals surface area (Å²) in [4.78, 5) is 0. The van der Waals surface area contributed by atoms with E-state index < -0.39 is 0 Å². The third-order valence-electron chi connectivity index (χ3n) is 2.79. The Morgan fingerprint density at radius 3 is 2.32 bits per heavy atom. The molecule has 0 radical (unpaired) electrons. The quantitative estimate of drug-likeness (QED) is 0.806. The number of nitrogens with one attached hydrogen (secondary N) is 1. The molecule has 1 atom stereocenters. The molecule has 19 heavy (non-hydrogen) atoms. The lowest BCUT2D eigenvalue weighted by molar-refractivity contribution is 0.317. The summed E-state index contributed by atoms with van der Waals surface area (Å²) in [6.07, 6.45) is 1.04. The van der Waals surface area contributed by atoms with Crippen LogP contribution in [0.4, 0.5) is 0 Å². The Labute approximate surface area is 122 Å². The number of hydrogen-bond acceptors (Lipinski definition) is 3. The predicted octanol–water partition coefficient (Wildman–Crippen LogP) is 4.27.